The molecule has 0 saturated carbocycles. The lowest BCUT2D eigenvalue weighted by molar-refractivity contribution is 0.152. The van der Waals surface area contributed by atoms with Crippen molar-refractivity contribution in [1.82, 2.24) is 0 Å². The highest BCUT2D eigenvalue weighted by Gasteiger charge is 2.16. The van der Waals surface area contributed by atoms with Crippen LogP contribution in [-0.4, -0.2) is 0 Å². The Morgan fingerprint density at radius 1 is 1.36 bits per heavy atom. The van der Waals surface area contributed by atoms with Gasteiger partial charge in [0.2, 0.25) is 0 Å². The summed E-state index contributed by atoms with van der Waals surface area (Å²) >= 11 is 4.66. The second-order valence-electron chi connectivity index (χ2n) is 3.07. The summed E-state index contributed by atoms with van der Waals surface area (Å²) in [5.41, 5.74) is 0.819. The summed E-state index contributed by atoms with van der Waals surface area (Å²) in [6.45, 7) is 1.72. The fraction of sp³-hybridized carbons (Fsp3) is 0.200. The van der Waals surface area contributed by atoms with E-state index in [0.29, 0.717) is 10.3 Å². The summed E-state index contributed by atoms with van der Waals surface area (Å²) in [5, 5.41) is 0.878. The zero-order valence-electron chi connectivity index (χ0n) is 7.35. The number of halogens is 3. The second kappa shape index (κ2) is 3.59. The van der Waals surface area contributed by atoms with E-state index in [2.05, 4.69) is 15.9 Å². The first-order chi connectivity index (χ1) is 6.59. The van der Waals surface area contributed by atoms with Crippen LogP contribution in [0, 0.1) is 6.92 Å². The molecule has 0 aliphatic heterocycles. The van der Waals surface area contributed by atoms with Crippen LogP contribution < -0.4 is 0 Å². The molecule has 0 bridgehead atoms. The van der Waals surface area contributed by atoms with Crippen LogP contribution in [0.1, 0.15) is 17.6 Å². The molecule has 4 heteroatoms. The Balaban J connectivity index is 2.82. The molecule has 1 aromatic carbocycles. The second-order valence-corrected chi connectivity index (χ2v) is 5.50. The van der Waals surface area contributed by atoms with E-state index in [9.17, 15) is 8.78 Å². The zero-order valence-corrected chi connectivity index (χ0v) is 9.75. The summed E-state index contributed by atoms with van der Waals surface area (Å²) in [6, 6.07) is 5.48. The highest BCUT2D eigenvalue weighted by molar-refractivity contribution is 9.11. The molecule has 14 heavy (non-hydrogen) atoms. The zero-order chi connectivity index (χ0) is 10.3. The average Bonchev–Trinajstić information content (AvgIpc) is 2.43. The molecule has 0 aliphatic carbocycles. The van der Waals surface area contributed by atoms with E-state index in [1.165, 1.54) is 11.3 Å². The normalized spacial score (nSPS) is 11.5. The maximum absolute atomic E-state index is 12.8. The molecular formula is C10H7BrF2S. The van der Waals surface area contributed by atoms with E-state index in [1.54, 1.807) is 13.0 Å². The van der Waals surface area contributed by atoms with Crippen LogP contribution >= 0.6 is 27.3 Å². The highest BCUT2D eigenvalue weighted by atomic mass is 79.9. The fourth-order valence-electron chi connectivity index (χ4n) is 1.46. The lowest BCUT2D eigenvalue weighted by atomic mass is 10.1. The quantitative estimate of drug-likeness (QED) is 0.694. The first-order valence-corrected chi connectivity index (χ1v) is 5.67. The van der Waals surface area contributed by atoms with Gasteiger partial charge in [-0.3, -0.25) is 0 Å². The van der Waals surface area contributed by atoms with Gasteiger partial charge in [0.15, 0.2) is 0 Å². The van der Waals surface area contributed by atoms with Gasteiger partial charge in [-0.05, 0) is 39.9 Å². The summed E-state index contributed by atoms with van der Waals surface area (Å²) in [7, 11) is 0. The fourth-order valence-corrected chi connectivity index (χ4v) is 3.18. The summed E-state index contributed by atoms with van der Waals surface area (Å²) in [4.78, 5) is 0. The van der Waals surface area contributed by atoms with Crippen molar-refractivity contribution in [2.24, 2.45) is 0 Å². The molecule has 0 nitrogen and oxygen atoms in total. The van der Waals surface area contributed by atoms with Gasteiger partial charge in [0.05, 0.1) is 3.79 Å². The Morgan fingerprint density at radius 3 is 2.71 bits per heavy atom. The van der Waals surface area contributed by atoms with Crippen molar-refractivity contribution in [2.75, 3.05) is 0 Å². The molecule has 0 amide bonds. The third-order valence-electron chi connectivity index (χ3n) is 2.13. The van der Waals surface area contributed by atoms with E-state index in [0.717, 1.165) is 9.17 Å². The minimum Gasteiger partial charge on any atom is -0.205 e. The molecule has 2 rings (SSSR count). The Bertz CT molecular complexity index is 476. The molecule has 1 heterocycles. The van der Waals surface area contributed by atoms with Crippen LogP contribution in [0.4, 0.5) is 8.78 Å². The molecule has 0 N–H and O–H groups in total. The number of benzene rings is 1. The number of rotatable bonds is 1. The van der Waals surface area contributed by atoms with Gasteiger partial charge in [-0.1, -0.05) is 12.1 Å². The third kappa shape index (κ3) is 1.57. The molecule has 0 radical (unpaired) electrons. The van der Waals surface area contributed by atoms with Crippen LogP contribution in [0.5, 0.6) is 0 Å². The van der Waals surface area contributed by atoms with E-state index in [1.807, 2.05) is 12.1 Å². The van der Waals surface area contributed by atoms with Gasteiger partial charge in [-0.25, -0.2) is 8.78 Å². The summed E-state index contributed by atoms with van der Waals surface area (Å²) < 4.78 is 27.1. The van der Waals surface area contributed by atoms with Crippen LogP contribution in [0.15, 0.2) is 22.0 Å². The topological polar surface area (TPSA) is 0 Å². The molecule has 0 fully saturated rings. The highest BCUT2D eigenvalue weighted by Crippen LogP contribution is 2.37. The lowest BCUT2D eigenvalue weighted by Gasteiger charge is -2.05. The average molecular weight is 277 g/mol. The third-order valence-corrected chi connectivity index (χ3v) is 3.82. The van der Waals surface area contributed by atoms with Gasteiger partial charge >= 0.3 is 0 Å². The van der Waals surface area contributed by atoms with Gasteiger partial charge in [0.25, 0.3) is 6.43 Å². The number of thiophene rings is 1. The molecule has 0 spiro atoms. The number of alkyl halides is 2. The molecule has 74 valence electrons. The minimum absolute atomic E-state index is 0.165. The van der Waals surface area contributed by atoms with Crippen molar-refractivity contribution in [3.8, 4) is 0 Å². The van der Waals surface area contributed by atoms with Crippen LogP contribution in [0.25, 0.3) is 10.1 Å². The lowest BCUT2D eigenvalue weighted by Crippen LogP contribution is -1.88. The molecule has 0 atom stereocenters. The van der Waals surface area contributed by atoms with E-state index >= 15 is 0 Å². The van der Waals surface area contributed by atoms with Crippen molar-refractivity contribution in [1.29, 1.82) is 0 Å². The maximum atomic E-state index is 12.8. The summed E-state index contributed by atoms with van der Waals surface area (Å²) in [5.74, 6) is 0. The minimum atomic E-state index is -2.40. The van der Waals surface area contributed by atoms with E-state index in [4.69, 9.17) is 0 Å². The van der Waals surface area contributed by atoms with Gasteiger partial charge in [-0.2, -0.15) is 0 Å². The van der Waals surface area contributed by atoms with Gasteiger partial charge in [0, 0.05) is 10.3 Å². The first-order valence-electron chi connectivity index (χ1n) is 4.06. The largest absolute Gasteiger partial charge is 0.265 e. The predicted molar refractivity (Wildman–Crippen MR) is 59.2 cm³/mol. The van der Waals surface area contributed by atoms with E-state index < -0.39 is 6.43 Å². The number of aryl methyl sites for hydroxylation is 1. The van der Waals surface area contributed by atoms with Crippen molar-refractivity contribution in [3.63, 3.8) is 0 Å². The molecule has 1 aromatic heterocycles. The standard InChI is InChI=1S/C10H7BrF2S/c1-5-2-3-6-4-7(11)14-9(6)8(5)10(12)13/h2-4,10H,1H3. The van der Waals surface area contributed by atoms with Crippen LogP contribution in [0.2, 0.25) is 0 Å². The molecule has 0 aliphatic rings. The van der Waals surface area contributed by atoms with Crippen molar-refractivity contribution in [2.45, 2.75) is 13.3 Å². The van der Waals surface area contributed by atoms with Crippen LogP contribution in [-0.2, 0) is 0 Å². The number of fused-ring (bicyclic) bond motifs is 1. The first kappa shape index (κ1) is 10.1. The Hall–Kier alpha value is -0.480. The Kier molecular flexibility index (Phi) is 2.58. The van der Waals surface area contributed by atoms with Gasteiger partial charge in [0.1, 0.15) is 0 Å². The molecule has 2 aromatic rings. The number of hydrogen-bond acceptors (Lipinski definition) is 1. The molecule has 0 saturated heterocycles. The van der Waals surface area contributed by atoms with Crippen molar-refractivity contribution in [3.05, 3.63) is 33.1 Å². The number of hydrogen-bond donors (Lipinski definition) is 0. The van der Waals surface area contributed by atoms with Gasteiger partial charge in [-0.15, -0.1) is 11.3 Å². The Labute approximate surface area is 92.7 Å². The van der Waals surface area contributed by atoms with Gasteiger partial charge < -0.3 is 0 Å². The maximum Gasteiger partial charge on any atom is 0.265 e. The van der Waals surface area contributed by atoms with Crippen molar-refractivity contribution < 1.29 is 8.78 Å². The Morgan fingerprint density at radius 2 is 2.07 bits per heavy atom. The monoisotopic (exact) mass is 276 g/mol. The SMILES string of the molecule is Cc1ccc2cc(Br)sc2c1C(F)F. The van der Waals surface area contributed by atoms with Crippen molar-refractivity contribution >= 4 is 37.4 Å². The molecular weight excluding hydrogens is 270 g/mol. The smallest absolute Gasteiger partial charge is 0.205 e. The van der Waals surface area contributed by atoms with E-state index in [-0.39, 0.29) is 5.56 Å². The predicted octanol–water partition coefficient (Wildman–Crippen LogP) is 4.91. The van der Waals surface area contributed by atoms with Crippen LogP contribution in [0.3, 0.4) is 0 Å². The summed E-state index contributed by atoms with van der Waals surface area (Å²) in [6.07, 6.45) is -2.40. The molecule has 0 unspecified atom stereocenters.